The Hall–Kier alpha value is 4.94. The van der Waals surface area contributed by atoms with E-state index in [1.807, 2.05) is 0 Å². The van der Waals surface area contributed by atoms with Gasteiger partial charge in [-0.1, -0.05) is 0 Å². The van der Waals surface area contributed by atoms with Gasteiger partial charge in [0, 0.05) is 5.97 Å². The Bertz CT molecular complexity index is 288. The molecule has 0 fully saturated rings. The minimum Gasteiger partial charge on any atom is -1.00 e. The molecule has 35 heavy (non-hydrogen) atoms. The summed E-state index contributed by atoms with van der Waals surface area (Å²) >= 11 is 0. The average Bonchev–Trinajstić information content (AvgIpc) is 2.23. The second kappa shape index (κ2) is 97.8. The Morgan fingerprint density at radius 2 is 0.829 bits per heavy atom. The first kappa shape index (κ1) is 152. The molecule has 0 radical (unpaired) electrons. The van der Waals surface area contributed by atoms with Gasteiger partial charge in [-0.2, -0.15) is 0 Å². The van der Waals surface area contributed by atoms with E-state index >= 15 is 0 Å². The minimum absolute atomic E-state index is 0. The molecule has 0 saturated carbocycles. The summed E-state index contributed by atoms with van der Waals surface area (Å²) in [6, 6.07) is 0. The summed E-state index contributed by atoms with van der Waals surface area (Å²) in [5.74, 6) is -3.06. The smallest absolute Gasteiger partial charge is 1.00 e. The van der Waals surface area contributed by atoms with Crippen LogP contribution in [0.5, 0.6) is 0 Å². The number of aliphatic carboxylic acids is 2. The van der Waals surface area contributed by atoms with Crippen LogP contribution in [0.25, 0.3) is 0 Å². The number of carbonyl (C=O) groups excluding carboxylic acids is 2. The molecule has 0 aliphatic carbocycles. The van der Waals surface area contributed by atoms with E-state index in [1.165, 1.54) is 0 Å². The zero-order valence-electron chi connectivity index (χ0n) is 19.6. The summed E-state index contributed by atoms with van der Waals surface area (Å²) in [5, 5.41) is 62.3. The SMILES string of the molecule is CC(=O)[O-].O.O.O.O.O.O.O.O.O.O=C([O-])[C@H](O)[C@@H](O)[C@H](O)[C@H](O)CO.[Cl-].[Cl-].[Cl-].[Cl-].[K+].[Mg+2].[Na+].[Na+].[Na+]. The van der Waals surface area contributed by atoms with Crippen molar-refractivity contribution in [3.05, 3.63) is 0 Å². The predicted molar refractivity (Wildman–Crippen MR) is 85.1 cm³/mol. The molecule has 4 atom stereocenters. The van der Waals surface area contributed by atoms with E-state index in [0.717, 1.165) is 6.92 Å². The Morgan fingerprint density at radius 3 is 0.943 bits per heavy atom. The summed E-state index contributed by atoms with van der Waals surface area (Å²) < 4.78 is 0. The van der Waals surface area contributed by atoms with Gasteiger partial charge < -0.3 is 144 Å². The first-order valence-electron chi connectivity index (χ1n) is 4.36. The van der Waals surface area contributed by atoms with Crippen LogP contribution in [0.3, 0.4) is 0 Å². The van der Waals surface area contributed by atoms with Crippen LogP contribution in [-0.4, -0.2) is 141 Å². The summed E-state index contributed by atoms with van der Waals surface area (Å²) in [6.45, 7) is 0.109. The largest absolute Gasteiger partial charge is 2.00 e. The summed E-state index contributed by atoms with van der Waals surface area (Å²) in [6.07, 6.45) is -8.08. The number of hydrogen-bond donors (Lipinski definition) is 5. The average molecular weight is 691 g/mol. The fraction of sp³-hybridized carbons (Fsp3) is 0.750. The second-order valence-electron chi connectivity index (χ2n) is 2.99. The number of carboxylic acids is 2. The summed E-state index contributed by atoms with van der Waals surface area (Å²) in [4.78, 5) is 18.9. The van der Waals surface area contributed by atoms with Gasteiger partial charge in [-0.3, -0.25) is 0 Å². The standard InChI is InChI=1S/C6H12O7.C2H4O2.4ClH.K.Mg.3Na.9H2O/c7-1-2(8)3(9)4(10)5(11)6(12)13;1-2(3)4;;;;;;;;;;;;;;;;;;/h2-5,7-11H,1H2,(H,12,13);1H3,(H,3,4);4*1H;;;;;;9*1H2/q;;;;;;+1;+2;3*+1;;;;;;;;;/p-6/t2-,3-,4+,5-;;;;;;;;;;;;;;;;;;;/m1.................../s1. The number of aliphatic hydroxyl groups is 5. The van der Waals surface area contributed by atoms with Crippen molar-refractivity contribution in [1.82, 2.24) is 0 Å². The Kier molecular flexibility index (Phi) is 426. The molecule has 0 spiro atoms. The van der Waals surface area contributed by atoms with Gasteiger partial charge in [-0.25, -0.2) is 0 Å². The molecule has 0 unspecified atom stereocenters. The number of aliphatic hydroxyl groups excluding tert-OH is 5. The van der Waals surface area contributed by atoms with Crippen molar-refractivity contribution >= 4 is 35.0 Å². The Labute approximate surface area is 351 Å². The number of rotatable bonds is 5. The van der Waals surface area contributed by atoms with Gasteiger partial charge in [0.1, 0.15) is 24.4 Å². The first-order chi connectivity index (χ1) is 7.64. The molecule has 0 heterocycles. The van der Waals surface area contributed by atoms with E-state index < -0.39 is 43.0 Å². The number of hydrogen-bond acceptors (Lipinski definition) is 9. The maximum Gasteiger partial charge on any atom is 2.00 e. The molecular weight excluding hydrogens is 658 g/mol. The molecule has 0 aromatic heterocycles. The third kappa shape index (κ3) is 101. The Morgan fingerprint density at radius 1 is 0.657 bits per heavy atom. The van der Waals surface area contributed by atoms with Gasteiger partial charge in [0.2, 0.25) is 0 Å². The van der Waals surface area contributed by atoms with Gasteiger partial charge in [0.25, 0.3) is 0 Å². The predicted octanol–water partition coefficient (Wildman–Crippen LogP) is -37.8. The van der Waals surface area contributed by atoms with Gasteiger partial charge in [0.05, 0.1) is 12.6 Å². The third-order valence-corrected chi connectivity index (χ3v) is 1.50. The van der Waals surface area contributed by atoms with Crippen molar-refractivity contribution in [2.75, 3.05) is 6.61 Å². The zero-order chi connectivity index (χ0) is 14.2. The van der Waals surface area contributed by atoms with Crippen LogP contribution in [0.2, 0.25) is 0 Å². The number of carbonyl (C=O) groups is 2. The zero-order valence-corrected chi connectivity index (χ0v) is 33.2. The maximum absolute atomic E-state index is 9.98. The molecule has 0 aromatic rings. The molecular formula is C8H32Cl4KMgNa3O18. The molecule has 23 N–H and O–H groups in total. The van der Waals surface area contributed by atoms with Crippen LogP contribution in [0.4, 0.5) is 0 Å². The van der Waals surface area contributed by atoms with E-state index in [9.17, 15) is 9.90 Å². The number of carboxylic acid groups (broad SMARTS) is 2. The fourth-order valence-electron chi connectivity index (χ4n) is 0.662. The van der Waals surface area contributed by atoms with Gasteiger partial charge >= 0.3 is 163 Å². The van der Waals surface area contributed by atoms with Crippen LogP contribution in [0.15, 0.2) is 0 Å². The molecule has 0 saturated heterocycles. The van der Waals surface area contributed by atoms with Crippen LogP contribution < -0.4 is 200 Å². The van der Waals surface area contributed by atoms with Gasteiger partial charge in [0.15, 0.2) is 0 Å². The quantitative estimate of drug-likeness (QED) is 0.171. The van der Waals surface area contributed by atoms with E-state index in [-0.39, 0.29) is 262 Å². The molecule has 0 aliphatic rings. The van der Waals surface area contributed by atoms with Gasteiger partial charge in [-0.15, -0.1) is 0 Å². The van der Waals surface area contributed by atoms with Crippen LogP contribution in [0.1, 0.15) is 6.92 Å². The van der Waals surface area contributed by atoms with Crippen molar-refractivity contribution in [3.8, 4) is 0 Å². The van der Waals surface area contributed by atoms with E-state index in [1.54, 1.807) is 0 Å². The van der Waals surface area contributed by atoms with E-state index in [0.29, 0.717) is 0 Å². The fourth-order valence-corrected chi connectivity index (χ4v) is 0.662. The van der Waals surface area contributed by atoms with Crippen molar-refractivity contribution in [1.29, 1.82) is 0 Å². The van der Waals surface area contributed by atoms with Crippen LogP contribution in [0, 0.1) is 0 Å². The van der Waals surface area contributed by atoms with Crippen LogP contribution in [-0.2, 0) is 9.59 Å². The van der Waals surface area contributed by atoms with Crippen molar-refractivity contribution < 1.29 is 284 Å². The summed E-state index contributed by atoms with van der Waals surface area (Å²) in [7, 11) is 0. The maximum atomic E-state index is 9.98. The third-order valence-electron chi connectivity index (χ3n) is 1.50. The first-order valence-corrected chi connectivity index (χ1v) is 4.36. The van der Waals surface area contributed by atoms with Crippen molar-refractivity contribution in [2.45, 2.75) is 31.3 Å². The topological polar surface area (TPSA) is 465 Å². The number of halogens is 4. The van der Waals surface area contributed by atoms with Crippen LogP contribution >= 0.6 is 0 Å². The minimum atomic E-state index is -2.31. The molecule has 0 rings (SSSR count). The molecule has 18 nitrogen and oxygen atoms in total. The molecule has 0 aromatic carbocycles. The summed E-state index contributed by atoms with van der Waals surface area (Å²) in [5.41, 5.74) is 0. The molecule has 206 valence electrons. The molecule has 27 heteroatoms. The second-order valence-corrected chi connectivity index (χ2v) is 2.99. The molecule has 0 bridgehead atoms. The monoisotopic (exact) mass is 688 g/mol. The van der Waals surface area contributed by atoms with Crippen molar-refractivity contribution in [3.63, 3.8) is 0 Å². The van der Waals surface area contributed by atoms with E-state index in [2.05, 4.69) is 0 Å². The molecule has 0 aliphatic heterocycles. The normalized spacial score (nSPS) is 8.29. The van der Waals surface area contributed by atoms with Crippen molar-refractivity contribution in [2.24, 2.45) is 0 Å². The molecule has 0 amide bonds. The Balaban J connectivity index is -0.00000000535. The van der Waals surface area contributed by atoms with E-state index in [4.69, 9.17) is 35.4 Å². The van der Waals surface area contributed by atoms with Gasteiger partial charge in [-0.05, 0) is 6.92 Å².